The standard InChI is InChI=1S/C10H9Cl2F3N4O2/c1-17-8(16)19-9(20)18-7-5(11)2-4(3-6(7)12)21-10(13,14)15/h2-3H,1H3,(H4,16,17,18,19,20). The number of halogens is 5. The summed E-state index contributed by atoms with van der Waals surface area (Å²) >= 11 is 11.5. The normalized spacial score (nSPS) is 10.8. The van der Waals surface area contributed by atoms with E-state index in [1.54, 1.807) is 0 Å². The van der Waals surface area contributed by atoms with Crippen molar-refractivity contribution in [2.24, 2.45) is 0 Å². The lowest BCUT2D eigenvalue weighted by Crippen LogP contribution is -2.40. The highest BCUT2D eigenvalue weighted by Gasteiger charge is 2.31. The smallest absolute Gasteiger partial charge is 0.406 e. The Morgan fingerprint density at radius 3 is 2.24 bits per heavy atom. The maximum absolute atomic E-state index is 12.1. The van der Waals surface area contributed by atoms with Gasteiger partial charge in [0.25, 0.3) is 0 Å². The number of rotatable bonds is 2. The van der Waals surface area contributed by atoms with E-state index in [0.29, 0.717) is 0 Å². The van der Waals surface area contributed by atoms with E-state index in [0.717, 1.165) is 12.1 Å². The Bertz CT molecular complexity index is 543. The lowest BCUT2D eigenvalue weighted by atomic mass is 10.3. The molecule has 116 valence electrons. The Hall–Kier alpha value is -1.87. The first kappa shape index (κ1) is 17.2. The van der Waals surface area contributed by atoms with Crippen LogP contribution >= 0.6 is 23.2 Å². The molecule has 0 aliphatic carbocycles. The minimum absolute atomic E-state index is 0.116. The van der Waals surface area contributed by atoms with Crippen LogP contribution in [0.1, 0.15) is 0 Å². The fourth-order valence-corrected chi connectivity index (χ4v) is 1.74. The summed E-state index contributed by atoms with van der Waals surface area (Å²) in [6.07, 6.45) is -4.89. The Labute approximate surface area is 127 Å². The number of anilines is 1. The zero-order chi connectivity index (χ0) is 16.2. The lowest BCUT2D eigenvalue weighted by Gasteiger charge is -2.14. The van der Waals surface area contributed by atoms with Crippen molar-refractivity contribution in [1.82, 2.24) is 10.6 Å². The van der Waals surface area contributed by atoms with Crippen molar-refractivity contribution >= 4 is 40.9 Å². The Morgan fingerprint density at radius 2 is 1.81 bits per heavy atom. The van der Waals surface area contributed by atoms with E-state index < -0.39 is 18.1 Å². The van der Waals surface area contributed by atoms with Crippen molar-refractivity contribution in [2.75, 3.05) is 12.4 Å². The molecule has 0 atom stereocenters. The quantitative estimate of drug-likeness (QED) is 0.491. The zero-order valence-corrected chi connectivity index (χ0v) is 11.9. The highest BCUT2D eigenvalue weighted by Crippen LogP contribution is 2.36. The predicted molar refractivity (Wildman–Crippen MR) is 72.1 cm³/mol. The number of nitrogens with one attached hydrogen (secondary N) is 4. The molecule has 0 saturated carbocycles. The molecule has 0 saturated heterocycles. The number of hydrogen-bond acceptors (Lipinski definition) is 3. The molecule has 0 heterocycles. The van der Waals surface area contributed by atoms with Gasteiger partial charge in [0.1, 0.15) is 5.75 Å². The SMILES string of the molecule is CNC(=N)NC(=O)Nc1c(Cl)cc(OC(F)(F)F)cc1Cl. The van der Waals surface area contributed by atoms with Crippen LogP contribution in [0.4, 0.5) is 23.7 Å². The summed E-state index contributed by atoms with van der Waals surface area (Å²) in [5, 5.41) is 13.3. The van der Waals surface area contributed by atoms with Crippen molar-refractivity contribution in [1.29, 1.82) is 5.41 Å². The molecule has 6 nitrogen and oxygen atoms in total. The van der Waals surface area contributed by atoms with Gasteiger partial charge in [-0.1, -0.05) is 23.2 Å². The molecule has 0 unspecified atom stereocenters. The van der Waals surface area contributed by atoms with Gasteiger partial charge >= 0.3 is 12.4 Å². The van der Waals surface area contributed by atoms with Gasteiger partial charge in [0, 0.05) is 19.2 Å². The van der Waals surface area contributed by atoms with Crippen LogP contribution in [0, 0.1) is 5.41 Å². The fraction of sp³-hybridized carbons (Fsp3) is 0.200. The van der Waals surface area contributed by atoms with E-state index in [4.69, 9.17) is 28.6 Å². The van der Waals surface area contributed by atoms with Gasteiger partial charge in [-0.05, 0) is 0 Å². The molecule has 2 amide bonds. The first-order valence-electron chi connectivity index (χ1n) is 5.21. The highest BCUT2D eigenvalue weighted by molar-refractivity contribution is 6.40. The number of amides is 2. The number of benzene rings is 1. The zero-order valence-electron chi connectivity index (χ0n) is 10.4. The largest absolute Gasteiger partial charge is 0.573 e. The average Bonchev–Trinajstić information content (AvgIpc) is 2.31. The second-order valence-electron chi connectivity index (χ2n) is 3.51. The van der Waals surface area contributed by atoms with Gasteiger partial charge in [0.05, 0.1) is 15.7 Å². The molecule has 11 heteroatoms. The molecule has 0 bridgehead atoms. The number of carbonyl (C=O) groups is 1. The number of guanidine groups is 1. The van der Waals surface area contributed by atoms with Crippen molar-refractivity contribution in [3.05, 3.63) is 22.2 Å². The average molecular weight is 345 g/mol. The minimum Gasteiger partial charge on any atom is -0.406 e. The summed E-state index contributed by atoms with van der Waals surface area (Å²) in [5.41, 5.74) is -0.116. The van der Waals surface area contributed by atoms with Crippen LogP contribution in [0.15, 0.2) is 12.1 Å². The molecule has 4 N–H and O–H groups in total. The topological polar surface area (TPSA) is 86.2 Å². The second-order valence-corrected chi connectivity index (χ2v) is 4.33. The fourth-order valence-electron chi connectivity index (χ4n) is 1.18. The molecule has 1 rings (SSSR count). The van der Waals surface area contributed by atoms with Crippen LogP contribution in [-0.2, 0) is 0 Å². The van der Waals surface area contributed by atoms with Gasteiger partial charge in [-0.2, -0.15) is 0 Å². The minimum atomic E-state index is -4.89. The van der Waals surface area contributed by atoms with Crippen LogP contribution in [0.5, 0.6) is 5.75 Å². The van der Waals surface area contributed by atoms with Crippen LogP contribution in [0.2, 0.25) is 10.0 Å². The second kappa shape index (κ2) is 6.72. The summed E-state index contributed by atoms with van der Waals surface area (Å²) in [4.78, 5) is 11.5. The molecule has 0 aromatic heterocycles. The first-order chi connectivity index (χ1) is 9.62. The van der Waals surface area contributed by atoms with E-state index >= 15 is 0 Å². The Balaban J connectivity index is 2.90. The third-order valence-electron chi connectivity index (χ3n) is 1.98. The molecule has 0 aliphatic heterocycles. The third-order valence-corrected chi connectivity index (χ3v) is 2.57. The molecule has 21 heavy (non-hydrogen) atoms. The number of urea groups is 1. The van der Waals surface area contributed by atoms with Crippen molar-refractivity contribution in [3.8, 4) is 5.75 Å². The summed E-state index contributed by atoms with van der Waals surface area (Å²) in [5.74, 6) is -0.914. The van der Waals surface area contributed by atoms with Gasteiger partial charge in [0.15, 0.2) is 5.96 Å². The van der Waals surface area contributed by atoms with Crippen LogP contribution < -0.4 is 20.7 Å². The van der Waals surface area contributed by atoms with Crippen LogP contribution in [0.25, 0.3) is 0 Å². The summed E-state index contributed by atoms with van der Waals surface area (Å²) in [6.45, 7) is 0. The van der Waals surface area contributed by atoms with Crippen molar-refractivity contribution in [2.45, 2.75) is 6.36 Å². The molecule has 1 aromatic rings. The van der Waals surface area contributed by atoms with E-state index in [9.17, 15) is 18.0 Å². The Kier molecular flexibility index (Phi) is 5.50. The summed E-state index contributed by atoms with van der Waals surface area (Å²) in [6, 6.07) is 0.850. The van der Waals surface area contributed by atoms with Crippen LogP contribution in [-0.4, -0.2) is 25.4 Å². The van der Waals surface area contributed by atoms with Gasteiger partial charge in [-0.15, -0.1) is 13.2 Å². The van der Waals surface area contributed by atoms with Gasteiger partial charge in [0.2, 0.25) is 0 Å². The molecule has 0 fully saturated rings. The summed E-state index contributed by atoms with van der Waals surface area (Å²) in [7, 11) is 1.41. The molecule has 1 aromatic carbocycles. The molecule has 0 aliphatic rings. The molecule has 0 spiro atoms. The van der Waals surface area contributed by atoms with Gasteiger partial charge in [-0.3, -0.25) is 10.7 Å². The maximum Gasteiger partial charge on any atom is 0.573 e. The van der Waals surface area contributed by atoms with E-state index in [2.05, 4.69) is 20.7 Å². The van der Waals surface area contributed by atoms with E-state index in [1.165, 1.54) is 7.05 Å². The number of carbonyl (C=O) groups excluding carboxylic acids is 1. The molecule has 0 radical (unpaired) electrons. The third kappa shape index (κ3) is 5.56. The monoisotopic (exact) mass is 344 g/mol. The Morgan fingerprint density at radius 1 is 1.29 bits per heavy atom. The highest BCUT2D eigenvalue weighted by atomic mass is 35.5. The van der Waals surface area contributed by atoms with Gasteiger partial charge in [-0.25, -0.2) is 4.79 Å². The number of alkyl halides is 3. The maximum atomic E-state index is 12.1. The van der Waals surface area contributed by atoms with Gasteiger partial charge < -0.3 is 15.4 Å². The number of hydrogen-bond donors (Lipinski definition) is 4. The molecular formula is C10H9Cl2F3N4O2. The lowest BCUT2D eigenvalue weighted by molar-refractivity contribution is -0.274. The predicted octanol–water partition coefficient (Wildman–Crippen LogP) is 3.17. The van der Waals surface area contributed by atoms with E-state index in [-0.39, 0.29) is 21.7 Å². The van der Waals surface area contributed by atoms with Crippen LogP contribution in [0.3, 0.4) is 0 Å². The first-order valence-corrected chi connectivity index (χ1v) is 5.97. The van der Waals surface area contributed by atoms with Crippen molar-refractivity contribution < 1.29 is 22.7 Å². The van der Waals surface area contributed by atoms with E-state index in [1.807, 2.05) is 0 Å². The number of ether oxygens (including phenoxy) is 1. The van der Waals surface area contributed by atoms with Crippen molar-refractivity contribution in [3.63, 3.8) is 0 Å². The summed E-state index contributed by atoms with van der Waals surface area (Å²) < 4.78 is 39.9. The molecular weight excluding hydrogens is 336 g/mol.